The lowest BCUT2D eigenvalue weighted by molar-refractivity contribution is 0.0700. The molecule has 0 saturated heterocycles. The van der Waals surface area contributed by atoms with Gasteiger partial charge in [0.2, 0.25) is 5.91 Å². The summed E-state index contributed by atoms with van der Waals surface area (Å²) in [6, 6.07) is 26.4. The topological polar surface area (TPSA) is 161 Å². The average molecular weight is 674 g/mol. The Bertz CT molecular complexity index is 1920. The van der Waals surface area contributed by atoms with E-state index in [9.17, 15) is 19.6 Å². The van der Waals surface area contributed by atoms with Crippen molar-refractivity contribution in [2.45, 2.75) is 19.1 Å². The second-order valence-corrected chi connectivity index (χ2v) is 11.3. The van der Waals surface area contributed by atoms with Crippen LogP contribution in [0.25, 0.3) is 0 Å². The number of nitrogens with one attached hydrogen (secondary N) is 3. The number of carbonyl (C=O) groups excluding carboxylic acids is 3. The summed E-state index contributed by atoms with van der Waals surface area (Å²) < 4.78 is 7.73. The van der Waals surface area contributed by atoms with Crippen molar-refractivity contribution in [3.8, 4) is 5.75 Å². The Morgan fingerprint density at radius 2 is 1.62 bits per heavy atom. The van der Waals surface area contributed by atoms with Gasteiger partial charge in [0, 0.05) is 31.0 Å². The molecule has 47 heavy (non-hydrogen) atoms. The van der Waals surface area contributed by atoms with Crippen molar-refractivity contribution >= 4 is 40.9 Å². The number of hydrogen-bond donors (Lipinski definition) is 5. The molecule has 0 aliphatic carbocycles. The molecular weight excluding hydrogens is 643 g/mol. The van der Waals surface area contributed by atoms with Gasteiger partial charge in [0.15, 0.2) is 11.4 Å². The van der Waals surface area contributed by atoms with Crippen molar-refractivity contribution < 1.29 is 24.3 Å². The number of ether oxygens (including phenoxy) is 1. The molecule has 5 rings (SSSR count). The molecule has 13 heteroatoms. The summed E-state index contributed by atoms with van der Waals surface area (Å²) in [5.74, 6) is -3.19. The van der Waals surface area contributed by atoms with Gasteiger partial charge in [0.05, 0.1) is 21.7 Å². The molecule has 3 aromatic carbocycles. The number of rotatable bonds is 12. The van der Waals surface area contributed by atoms with Crippen LogP contribution in [0.2, 0.25) is 10.0 Å². The molecule has 1 atom stereocenters. The van der Waals surface area contributed by atoms with Crippen molar-refractivity contribution in [2.24, 2.45) is 12.8 Å². The van der Waals surface area contributed by atoms with E-state index in [1.807, 2.05) is 48.5 Å². The highest BCUT2D eigenvalue weighted by Gasteiger charge is 2.36. The number of hydrogen-bond acceptors (Lipinski definition) is 7. The molecule has 0 bridgehead atoms. The van der Waals surface area contributed by atoms with E-state index in [1.54, 1.807) is 42.9 Å². The zero-order chi connectivity index (χ0) is 33.5. The van der Waals surface area contributed by atoms with Crippen LogP contribution in [0, 0.1) is 0 Å². The first-order chi connectivity index (χ1) is 22.7. The second-order valence-electron chi connectivity index (χ2n) is 10.4. The number of benzene rings is 3. The Balaban J connectivity index is 1.68. The molecule has 11 nitrogen and oxygen atoms in total. The van der Waals surface area contributed by atoms with Crippen LogP contribution in [-0.2, 0) is 20.2 Å². The minimum Gasteiger partial charge on any atom is -0.486 e. The van der Waals surface area contributed by atoms with E-state index in [0.717, 1.165) is 5.56 Å². The summed E-state index contributed by atoms with van der Waals surface area (Å²) in [6.07, 6.45) is 1.43. The first-order valence-electron chi connectivity index (χ1n) is 14.3. The number of nitrogens with two attached hydrogens (primary N) is 1. The quantitative estimate of drug-likeness (QED) is 0.0906. The van der Waals surface area contributed by atoms with Gasteiger partial charge in [-0.2, -0.15) is 0 Å². The number of hydroxylamine groups is 1. The highest BCUT2D eigenvalue weighted by Crippen LogP contribution is 2.41. The van der Waals surface area contributed by atoms with E-state index in [2.05, 4.69) is 15.8 Å². The number of aromatic nitrogens is 2. The van der Waals surface area contributed by atoms with E-state index in [1.165, 1.54) is 22.9 Å². The van der Waals surface area contributed by atoms with Gasteiger partial charge in [0.25, 0.3) is 11.8 Å². The van der Waals surface area contributed by atoms with Crippen molar-refractivity contribution in [1.82, 2.24) is 25.9 Å². The van der Waals surface area contributed by atoms with Gasteiger partial charge in [-0.15, -0.1) is 0 Å². The largest absolute Gasteiger partial charge is 0.486 e. The maximum Gasteiger partial charge on any atom is 0.285 e. The van der Waals surface area contributed by atoms with Crippen molar-refractivity contribution in [2.75, 3.05) is 0 Å². The number of primary amides is 1. The van der Waals surface area contributed by atoms with Crippen molar-refractivity contribution in [1.29, 1.82) is 0 Å². The number of halogens is 2. The van der Waals surface area contributed by atoms with Crippen LogP contribution in [0.4, 0.5) is 0 Å². The molecule has 0 aliphatic rings. The molecule has 0 radical (unpaired) electrons. The monoisotopic (exact) mass is 672 g/mol. The summed E-state index contributed by atoms with van der Waals surface area (Å²) in [6.45, 7) is 0.193. The zero-order valence-corrected chi connectivity index (χ0v) is 26.5. The van der Waals surface area contributed by atoms with E-state index in [-0.39, 0.29) is 34.9 Å². The van der Waals surface area contributed by atoms with Crippen LogP contribution in [0.15, 0.2) is 97.2 Å². The van der Waals surface area contributed by atoms with Crippen molar-refractivity contribution in [3.05, 3.63) is 152 Å². The standard InChI is InChI=1S/C34H30Cl2N6O5/c1-42-29(27(22-10-6-3-7-11-22)26-17-23(32(37)43)14-15-38-26)28(33(44)41-46)31(47-19-21-12-13-24(35)25(36)16-21)30(42)34(45)40-39-18-20-8-4-2-5-9-20/h2-17,27,39,46H,18-19H2,1H3,(H2,37,43)(H,40,45)(H,41,44). The third kappa shape index (κ3) is 7.45. The molecule has 2 aromatic heterocycles. The van der Waals surface area contributed by atoms with E-state index in [4.69, 9.17) is 33.7 Å². The normalized spacial score (nSPS) is 11.5. The number of carbonyl (C=O) groups is 3. The fourth-order valence-electron chi connectivity index (χ4n) is 5.22. The third-order valence-corrected chi connectivity index (χ3v) is 8.15. The Labute approximate surface area is 280 Å². The van der Waals surface area contributed by atoms with Crippen LogP contribution >= 0.6 is 23.2 Å². The maximum absolute atomic E-state index is 13.9. The molecule has 0 aliphatic heterocycles. The SMILES string of the molecule is Cn1c(C(=O)NNCc2ccccc2)c(OCc2ccc(Cl)c(Cl)c2)c(C(=O)NO)c1C(c1ccccc1)c1cc(C(N)=O)ccn1. The highest BCUT2D eigenvalue weighted by atomic mass is 35.5. The molecule has 3 amide bonds. The minimum absolute atomic E-state index is 0.0359. The predicted molar refractivity (Wildman–Crippen MR) is 176 cm³/mol. The predicted octanol–water partition coefficient (Wildman–Crippen LogP) is 5.14. The Hall–Kier alpha value is -5.20. The number of pyridine rings is 1. The Kier molecular flexibility index (Phi) is 10.5. The number of nitrogens with zero attached hydrogens (tertiary/aromatic N) is 2. The molecule has 0 saturated carbocycles. The Morgan fingerprint density at radius 1 is 0.915 bits per heavy atom. The summed E-state index contributed by atoms with van der Waals surface area (Å²) in [7, 11) is 1.59. The van der Waals surface area contributed by atoms with Gasteiger partial charge in [-0.1, -0.05) is 89.9 Å². The van der Waals surface area contributed by atoms with Crippen LogP contribution in [0.5, 0.6) is 5.75 Å². The van der Waals surface area contributed by atoms with E-state index >= 15 is 0 Å². The molecule has 0 fully saturated rings. The lowest BCUT2D eigenvalue weighted by Gasteiger charge is -2.21. The zero-order valence-electron chi connectivity index (χ0n) is 25.0. The number of amides is 3. The van der Waals surface area contributed by atoms with Gasteiger partial charge in [-0.3, -0.25) is 30.0 Å². The molecule has 240 valence electrons. The fraction of sp³-hybridized carbons (Fsp3) is 0.118. The molecule has 1 unspecified atom stereocenters. The maximum atomic E-state index is 13.9. The van der Waals surface area contributed by atoms with Crippen LogP contribution < -0.4 is 26.8 Å². The van der Waals surface area contributed by atoms with Gasteiger partial charge in [-0.25, -0.2) is 10.9 Å². The Morgan fingerprint density at radius 3 is 2.28 bits per heavy atom. The van der Waals surface area contributed by atoms with Gasteiger partial charge in [-0.05, 0) is 41.0 Å². The van der Waals surface area contributed by atoms with E-state index in [0.29, 0.717) is 33.4 Å². The molecular formula is C34H30Cl2N6O5. The summed E-state index contributed by atoms with van der Waals surface area (Å²) in [5.41, 5.74) is 15.7. The van der Waals surface area contributed by atoms with E-state index < -0.39 is 23.6 Å². The van der Waals surface area contributed by atoms with Crippen molar-refractivity contribution in [3.63, 3.8) is 0 Å². The summed E-state index contributed by atoms with van der Waals surface area (Å²) in [4.78, 5) is 44.1. The summed E-state index contributed by atoms with van der Waals surface area (Å²) >= 11 is 12.3. The minimum atomic E-state index is -0.942. The highest BCUT2D eigenvalue weighted by molar-refractivity contribution is 6.42. The molecule has 6 N–H and O–H groups in total. The fourth-order valence-corrected chi connectivity index (χ4v) is 5.55. The third-order valence-electron chi connectivity index (χ3n) is 7.41. The van der Waals surface area contributed by atoms with Gasteiger partial charge >= 0.3 is 0 Å². The van der Waals surface area contributed by atoms with Crippen LogP contribution in [0.3, 0.4) is 0 Å². The molecule has 0 spiro atoms. The molecule has 5 aromatic rings. The smallest absolute Gasteiger partial charge is 0.285 e. The van der Waals surface area contributed by atoms with Crippen LogP contribution in [-0.4, -0.2) is 32.5 Å². The molecule has 2 heterocycles. The summed E-state index contributed by atoms with van der Waals surface area (Å²) in [5, 5.41) is 10.6. The van der Waals surface area contributed by atoms with Gasteiger partial charge in [0.1, 0.15) is 12.2 Å². The number of hydrazine groups is 1. The lowest BCUT2D eigenvalue weighted by Crippen LogP contribution is -2.38. The van der Waals surface area contributed by atoms with Crippen LogP contribution in [0.1, 0.15) is 65.2 Å². The lowest BCUT2D eigenvalue weighted by atomic mass is 9.88. The first-order valence-corrected chi connectivity index (χ1v) is 15.1. The average Bonchev–Trinajstić information content (AvgIpc) is 3.37. The van der Waals surface area contributed by atoms with Gasteiger partial charge < -0.3 is 15.0 Å². The first kappa shape index (κ1) is 33.2. The second kappa shape index (κ2) is 14.9.